The van der Waals surface area contributed by atoms with Crippen LogP contribution in [0, 0.1) is 0 Å². The maximum atomic E-state index is 13.7. The minimum absolute atomic E-state index is 0.0922. The number of hydrogen-bond donors (Lipinski definition) is 7. The van der Waals surface area contributed by atoms with Crippen molar-refractivity contribution in [2.75, 3.05) is 73.2 Å². The van der Waals surface area contributed by atoms with Crippen molar-refractivity contribution in [2.24, 2.45) is 15.3 Å². The first kappa shape index (κ1) is 78.5. The molecule has 34 nitrogen and oxygen atoms in total. The molecule has 4 heterocycles. The Kier molecular flexibility index (Phi) is 37.6. The van der Waals surface area contributed by atoms with Crippen LogP contribution in [-0.4, -0.2) is 268 Å². The Morgan fingerprint density at radius 3 is 1.50 bits per heavy atom. The van der Waals surface area contributed by atoms with Crippen molar-refractivity contribution in [3.8, 4) is 0 Å². The molecule has 0 bridgehead atoms. The van der Waals surface area contributed by atoms with E-state index in [1.165, 1.54) is 14.0 Å². The van der Waals surface area contributed by atoms with Crippen molar-refractivity contribution in [3.63, 3.8) is 0 Å². The summed E-state index contributed by atoms with van der Waals surface area (Å²) in [4.78, 5) is 36.0. The third-order valence-electron chi connectivity index (χ3n) is 15.4. The van der Waals surface area contributed by atoms with Crippen LogP contribution in [0.4, 0.5) is 0 Å². The van der Waals surface area contributed by atoms with Gasteiger partial charge in [-0.1, -0.05) is 95.4 Å². The number of methoxy groups -OCH3 is 1. The molecule has 0 spiro atoms. The minimum Gasteiger partial charge on any atom is -0.479 e. The number of aliphatic hydroxyl groups is 5. The third kappa shape index (κ3) is 22.6. The number of carboxylic acid groups (broad SMARTS) is 2. The molecule has 4 saturated heterocycles. The molecule has 4 fully saturated rings. The molecule has 4 rings (SSSR count). The summed E-state index contributed by atoms with van der Waals surface area (Å²) in [6.45, 7) is 10.9. The number of ether oxygens (including phenoxy) is 16. The average molecular weight is 1300 g/mol. The van der Waals surface area contributed by atoms with Gasteiger partial charge < -0.3 is 112 Å². The molecule has 0 aliphatic carbocycles. The fraction of sp³-hybridized carbons (Fsp3) is 0.964. The molecule has 0 amide bonds. The summed E-state index contributed by atoms with van der Waals surface area (Å²) in [5.41, 5.74) is 29.5. The van der Waals surface area contributed by atoms with E-state index in [2.05, 4.69) is 30.1 Å². The number of unbranched alkanes of at least 4 members (excludes halogenated alkanes) is 6. The Bertz CT molecular complexity index is 2180. The molecular formula is C56H99N9O25. The lowest BCUT2D eigenvalue weighted by atomic mass is 9.94. The summed E-state index contributed by atoms with van der Waals surface area (Å²) < 4.78 is 98.4. The summed E-state index contributed by atoms with van der Waals surface area (Å²) in [6, 6.07) is -4.44. The number of rotatable bonds is 46. The summed E-state index contributed by atoms with van der Waals surface area (Å²) in [6.07, 6.45) is -26.3. The molecule has 24 atom stereocenters. The Labute approximate surface area is 524 Å². The van der Waals surface area contributed by atoms with E-state index in [4.69, 9.17) is 75.8 Å². The van der Waals surface area contributed by atoms with E-state index in [1.807, 2.05) is 41.5 Å². The summed E-state index contributed by atoms with van der Waals surface area (Å²) in [5.74, 6) is -3.33. The van der Waals surface area contributed by atoms with E-state index in [9.17, 15) is 61.9 Å². The molecule has 0 aromatic carbocycles. The van der Waals surface area contributed by atoms with Crippen LogP contribution in [0.15, 0.2) is 15.3 Å². The van der Waals surface area contributed by atoms with Gasteiger partial charge >= 0.3 is 11.9 Å². The molecule has 0 radical (unpaired) electrons. The highest BCUT2D eigenvalue weighted by molar-refractivity contribution is 5.73. The van der Waals surface area contributed by atoms with Crippen molar-refractivity contribution in [3.05, 3.63) is 31.3 Å². The predicted molar refractivity (Wildman–Crippen MR) is 312 cm³/mol. The fourth-order valence-corrected chi connectivity index (χ4v) is 10.4. The fourth-order valence-electron chi connectivity index (χ4n) is 10.4. The van der Waals surface area contributed by atoms with Crippen LogP contribution in [0.3, 0.4) is 0 Å². The number of aliphatic hydroxyl groups excluding tert-OH is 5. The lowest BCUT2D eigenvalue weighted by molar-refractivity contribution is -0.370. The highest BCUT2D eigenvalue weighted by Crippen LogP contribution is 2.38. The van der Waals surface area contributed by atoms with E-state index < -0.39 is 186 Å². The van der Waals surface area contributed by atoms with Gasteiger partial charge in [-0.05, 0) is 62.0 Å². The van der Waals surface area contributed by atoms with Crippen molar-refractivity contribution in [1.82, 2.24) is 0 Å². The van der Waals surface area contributed by atoms with E-state index in [-0.39, 0.29) is 39.6 Å². The summed E-state index contributed by atoms with van der Waals surface area (Å²) in [5, 5.41) is 90.4. The Morgan fingerprint density at radius 2 is 0.978 bits per heavy atom. The number of azide groups is 3. The maximum absolute atomic E-state index is 13.7. The van der Waals surface area contributed by atoms with Gasteiger partial charge in [-0.25, -0.2) is 9.59 Å². The molecule has 34 heteroatoms. The van der Waals surface area contributed by atoms with Crippen LogP contribution >= 0.6 is 0 Å². The van der Waals surface area contributed by atoms with Gasteiger partial charge in [0.2, 0.25) is 0 Å². The number of carbonyl (C=O) groups is 2. The number of hydrogen-bond acceptors (Lipinski definition) is 26. The molecular weight excluding hydrogens is 1200 g/mol. The zero-order chi connectivity index (χ0) is 66.1. The number of aliphatic carboxylic acids is 2. The zero-order valence-corrected chi connectivity index (χ0v) is 52.9. The van der Waals surface area contributed by atoms with Crippen LogP contribution in [0.1, 0.15) is 126 Å². The third-order valence-corrected chi connectivity index (χ3v) is 15.4. The van der Waals surface area contributed by atoms with Crippen molar-refractivity contribution in [1.29, 1.82) is 0 Å². The van der Waals surface area contributed by atoms with Gasteiger partial charge in [0.05, 0.1) is 44.7 Å². The normalized spacial score (nSPS) is 33.4. The quantitative estimate of drug-likeness (QED) is 0.0145. The molecule has 9 unspecified atom stereocenters. The number of nitrogens with zero attached hydrogens (tertiary/aromatic N) is 9. The standard InChI is InChI=1S/C56H99N9O25/c1-9-15-21-76-30-35(85-55-38(62-65-59)45(79-24-18-12-4)42(33(28-67)84-55)78-23-17-11-3)44(50(71)72)88-52(31(7)77-22-16-10-2)86-41-32(27-66)83-54(36(39(41)69)60-63-57)89-48-47(81-26-20-14-6)40(70)56(90-49(48)51(73)74)87-43-34(29-68)82-53(75-8)37(61-64-58)46(43)80-25-19-13-5/h31-49,52-56,66-70H,9-30H2,1-8H3,(H,71,72)(H,73,74)/t31-,32?,33?,34?,35-,36?,37?,38?,39+,40-,41+,42+,43+,44?,45+,46+,47?,48+,49?,52+,53-,54-,55+,56+/m0/s1. The molecule has 518 valence electrons. The maximum Gasteiger partial charge on any atom is 0.335 e. The minimum atomic E-state index is -2.13. The first-order valence-electron chi connectivity index (χ1n) is 31.4. The second-order valence-corrected chi connectivity index (χ2v) is 22.1. The predicted octanol–water partition coefficient (Wildman–Crippen LogP) is 4.45. The smallest absolute Gasteiger partial charge is 0.335 e. The Hall–Kier alpha value is -3.97. The first-order valence-corrected chi connectivity index (χ1v) is 31.4. The van der Waals surface area contributed by atoms with Gasteiger partial charge in [-0.15, -0.1) is 0 Å². The highest BCUT2D eigenvalue weighted by atomic mass is 16.8. The van der Waals surface area contributed by atoms with Crippen LogP contribution in [0.25, 0.3) is 31.3 Å². The number of carboxylic acids is 2. The SMILES string of the molecule is CCCCOC[C@H](O[C@H]1OC(CO)[C@@H](OCCCC)[C@H](OCCCC)C1N=[N+]=[N-])C(O[C@@H](O[C@@H]1C(CO)O[C@@H](O[C@H]2C(C(=O)O)O[C@@H](O[C@@H]3C(CO)O[C@H](OC)C(N=[N+]=[N-])[C@H]3OCCCC)[C@@H](O)C2OCCCC)C(N=[N+]=[N-])[C@H]1O)[C@H](C)OCCCC)C(=O)O. The van der Waals surface area contributed by atoms with E-state index in [0.29, 0.717) is 64.2 Å². The molecule has 0 aromatic rings. The molecule has 4 aliphatic heterocycles. The molecule has 0 aromatic heterocycles. The van der Waals surface area contributed by atoms with E-state index >= 15 is 0 Å². The van der Waals surface area contributed by atoms with Gasteiger partial charge in [-0.3, -0.25) is 0 Å². The van der Waals surface area contributed by atoms with Gasteiger partial charge in [0.25, 0.3) is 0 Å². The first-order chi connectivity index (χ1) is 43.6. The second-order valence-electron chi connectivity index (χ2n) is 22.1. The summed E-state index contributed by atoms with van der Waals surface area (Å²) >= 11 is 0. The molecule has 0 saturated carbocycles. The van der Waals surface area contributed by atoms with Crippen LogP contribution in [0.5, 0.6) is 0 Å². The van der Waals surface area contributed by atoms with Crippen molar-refractivity contribution < 1.29 is 121 Å². The zero-order valence-electron chi connectivity index (χ0n) is 52.9. The Balaban J connectivity index is 1.75. The van der Waals surface area contributed by atoms with Gasteiger partial charge in [0.1, 0.15) is 85.3 Å². The highest BCUT2D eigenvalue weighted by Gasteiger charge is 2.58. The monoisotopic (exact) mass is 1300 g/mol. The van der Waals surface area contributed by atoms with Crippen molar-refractivity contribution in [2.45, 2.75) is 273 Å². The Morgan fingerprint density at radius 1 is 0.522 bits per heavy atom. The van der Waals surface area contributed by atoms with Crippen LogP contribution < -0.4 is 0 Å². The lowest BCUT2D eigenvalue weighted by Gasteiger charge is -2.49. The average Bonchev–Trinajstić information content (AvgIpc) is 0.803. The van der Waals surface area contributed by atoms with E-state index in [1.54, 1.807) is 0 Å². The molecule has 4 aliphatic rings. The largest absolute Gasteiger partial charge is 0.479 e. The van der Waals surface area contributed by atoms with Gasteiger partial charge in [0, 0.05) is 61.5 Å². The lowest BCUT2D eigenvalue weighted by Crippen LogP contribution is -2.67. The summed E-state index contributed by atoms with van der Waals surface area (Å²) in [7, 11) is 1.28. The van der Waals surface area contributed by atoms with Crippen LogP contribution in [-0.2, 0) is 85.4 Å². The molecule has 90 heavy (non-hydrogen) atoms. The van der Waals surface area contributed by atoms with Gasteiger partial charge in [0.15, 0.2) is 43.7 Å². The topological polar surface area (TPSA) is 470 Å². The van der Waals surface area contributed by atoms with Crippen molar-refractivity contribution >= 4 is 11.9 Å². The van der Waals surface area contributed by atoms with Crippen LogP contribution in [0.2, 0.25) is 0 Å². The van der Waals surface area contributed by atoms with E-state index in [0.717, 1.165) is 12.8 Å². The second kappa shape index (κ2) is 43.1. The molecule has 7 N–H and O–H groups in total. The van der Waals surface area contributed by atoms with Gasteiger partial charge in [-0.2, -0.15) is 0 Å².